The largest absolute Gasteiger partial charge is 0.309 e. The molecule has 0 unspecified atom stereocenters. The van der Waals surface area contributed by atoms with Gasteiger partial charge in [0.15, 0.2) is 0 Å². The Hall–Kier alpha value is -6.96. The molecule has 0 saturated heterocycles. The summed E-state index contributed by atoms with van der Waals surface area (Å²) in [6.45, 7) is 2.06. The monoisotopic (exact) mass is 701 g/mol. The fourth-order valence-corrected chi connectivity index (χ4v) is 8.66. The van der Waals surface area contributed by atoms with Gasteiger partial charge >= 0.3 is 0 Å². The highest BCUT2D eigenvalue weighted by Crippen LogP contribution is 2.42. The van der Waals surface area contributed by atoms with Crippen molar-refractivity contribution in [1.29, 1.82) is 0 Å². The van der Waals surface area contributed by atoms with Gasteiger partial charge in [-0.1, -0.05) is 170 Å². The van der Waals surface area contributed by atoms with Gasteiger partial charge in [-0.3, -0.25) is 0 Å². The van der Waals surface area contributed by atoms with Crippen molar-refractivity contribution in [3.8, 4) is 39.1 Å². The highest BCUT2D eigenvalue weighted by molar-refractivity contribution is 6.13. The maximum atomic E-state index is 2.42. The molecule has 0 bridgehead atoms. The lowest BCUT2D eigenvalue weighted by molar-refractivity contribution is 1.18. The normalized spacial score (nSPS) is 12.8. The molecule has 1 aromatic heterocycles. The van der Waals surface area contributed by atoms with Crippen LogP contribution in [0.25, 0.3) is 94.6 Å². The van der Waals surface area contributed by atoms with E-state index < -0.39 is 0 Å². The number of hydrogen-bond acceptors (Lipinski definition) is 0. The van der Waals surface area contributed by atoms with E-state index in [4.69, 9.17) is 0 Å². The molecule has 10 rings (SSSR count). The molecule has 1 heteroatoms. The molecular weight excluding hydrogens is 663 g/mol. The molecule has 1 nitrogen and oxygen atoms in total. The lowest BCUT2D eigenvalue weighted by Gasteiger charge is -2.18. The minimum absolute atomic E-state index is 0.950. The van der Waals surface area contributed by atoms with Crippen molar-refractivity contribution in [3.63, 3.8) is 0 Å². The molecule has 0 spiro atoms. The van der Waals surface area contributed by atoms with Gasteiger partial charge in [0, 0.05) is 16.5 Å². The first-order valence-electron chi connectivity index (χ1n) is 19.2. The van der Waals surface area contributed by atoms with Crippen molar-refractivity contribution >= 4 is 55.5 Å². The van der Waals surface area contributed by atoms with E-state index in [-0.39, 0.29) is 0 Å². The molecule has 1 heterocycles. The van der Waals surface area contributed by atoms with E-state index in [2.05, 4.69) is 218 Å². The van der Waals surface area contributed by atoms with E-state index in [1.54, 1.807) is 0 Å². The van der Waals surface area contributed by atoms with Crippen LogP contribution < -0.4 is 0 Å². The van der Waals surface area contributed by atoms with Crippen LogP contribution in [-0.2, 0) is 6.42 Å². The predicted octanol–water partition coefficient (Wildman–Crippen LogP) is 14.8. The third-order valence-electron chi connectivity index (χ3n) is 11.2. The average Bonchev–Trinajstić information content (AvgIpc) is 3.37. The Bertz CT molecular complexity index is 3050. The first kappa shape index (κ1) is 32.7. The average molecular weight is 702 g/mol. The summed E-state index contributed by atoms with van der Waals surface area (Å²) >= 11 is 0. The van der Waals surface area contributed by atoms with Crippen molar-refractivity contribution in [3.05, 3.63) is 211 Å². The van der Waals surface area contributed by atoms with Crippen LogP contribution in [0.3, 0.4) is 0 Å². The number of rotatable bonds is 6. The van der Waals surface area contributed by atoms with E-state index in [9.17, 15) is 0 Å². The van der Waals surface area contributed by atoms with Crippen LogP contribution in [0.1, 0.15) is 23.6 Å². The third-order valence-corrected chi connectivity index (χ3v) is 11.2. The molecule has 1 aliphatic rings. The Balaban J connectivity index is 1.13. The first-order valence-corrected chi connectivity index (χ1v) is 19.2. The summed E-state index contributed by atoms with van der Waals surface area (Å²) < 4.78 is 2.42. The number of hydrogen-bond donors (Lipinski definition) is 0. The molecule has 1 aliphatic carbocycles. The van der Waals surface area contributed by atoms with Gasteiger partial charge in [0.2, 0.25) is 0 Å². The standard InChI is InChI=1S/C54H39N/c1-2-3-5-18-41-36-50(46-27-15-20-38-17-8-9-22-44(38)46)47-23-10-11-25-49(47)54(41)39-29-32-42(33-30-39)55-52-28-13-12-24-48(52)51-35-40(31-34-53(51)55)45-26-14-19-37-16-6-4-7-21-43(37)45/h2-15,17-36H,16H2,1H3/b3-2-,18-5-. The van der Waals surface area contributed by atoms with E-state index in [0.29, 0.717) is 0 Å². The van der Waals surface area contributed by atoms with Gasteiger partial charge in [-0.15, -0.1) is 0 Å². The quantitative estimate of drug-likeness (QED) is 0.152. The highest BCUT2D eigenvalue weighted by Gasteiger charge is 2.18. The molecule has 0 atom stereocenters. The van der Waals surface area contributed by atoms with Gasteiger partial charge < -0.3 is 4.57 Å². The Morgan fingerprint density at radius 1 is 0.509 bits per heavy atom. The van der Waals surface area contributed by atoms with Gasteiger partial charge in [-0.2, -0.15) is 0 Å². The topological polar surface area (TPSA) is 4.93 Å². The smallest absolute Gasteiger partial charge is 0.0541 e. The minimum atomic E-state index is 0.950. The zero-order chi connectivity index (χ0) is 36.7. The van der Waals surface area contributed by atoms with E-state index >= 15 is 0 Å². The van der Waals surface area contributed by atoms with Crippen LogP contribution >= 0.6 is 0 Å². The SMILES string of the molecule is C/C=C\C=C/c1cc(-c2cccc3ccccc23)c2ccccc2c1-c1ccc(-n2c3ccccc3c3cc(-c4cccc5c4C=CC=CC5)ccc32)cc1. The second kappa shape index (κ2) is 13.8. The molecule has 0 radical (unpaired) electrons. The molecule has 0 aliphatic heterocycles. The van der Waals surface area contributed by atoms with E-state index in [0.717, 1.165) is 12.1 Å². The fourth-order valence-electron chi connectivity index (χ4n) is 8.66. The maximum Gasteiger partial charge on any atom is 0.0541 e. The third kappa shape index (κ3) is 5.64. The van der Waals surface area contributed by atoms with Gasteiger partial charge in [0.25, 0.3) is 0 Å². The number of benzene rings is 8. The van der Waals surface area contributed by atoms with Crippen LogP contribution in [0.15, 0.2) is 194 Å². The summed E-state index contributed by atoms with van der Waals surface area (Å²) in [5.74, 6) is 0. The summed E-state index contributed by atoms with van der Waals surface area (Å²) in [5, 5.41) is 7.53. The molecule has 8 aromatic carbocycles. The fraction of sp³-hybridized carbons (Fsp3) is 0.0370. The van der Waals surface area contributed by atoms with Gasteiger partial charge in [0.1, 0.15) is 0 Å². The van der Waals surface area contributed by atoms with Crippen molar-refractivity contribution in [1.82, 2.24) is 4.57 Å². The Labute approximate surface area is 322 Å². The second-order valence-corrected chi connectivity index (χ2v) is 14.3. The summed E-state index contributed by atoms with van der Waals surface area (Å²) in [6, 6.07) is 58.3. The molecule has 55 heavy (non-hydrogen) atoms. The van der Waals surface area contributed by atoms with Crippen molar-refractivity contribution in [2.45, 2.75) is 13.3 Å². The molecule has 0 amide bonds. The Morgan fingerprint density at radius 3 is 2.09 bits per heavy atom. The van der Waals surface area contributed by atoms with E-state index in [1.807, 2.05) is 0 Å². The minimum Gasteiger partial charge on any atom is -0.309 e. The lowest BCUT2D eigenvalue weighted by Crippen LogP contribution is -1.95. The molecule has 9 aromatic rings. The Kier molecular flexibility index (Phi) is 8.19. The lowest BCUT2D eigenvalue weighted by atomic mass is 9.86. The van der Waals surface area contributed by atoms with E-state index in [1.165, 1.54) is 93.4 Å². The molecular formula is C54H39N. The number of allylic oxidation sites excluding steroid dienone is 6. The highest BCUT2D eigenvalue weighted by atomic mass is 15.0. The van der Waals surface area contributed by atoms with Crippen LogP contribution in [0.2, 0.25) is 0 Å². The predicted molar refractivity (Wildman–Crippen MR) is 238 cm³/mol. The van der Waals surface area contributed by atoms with Crippen LogP contribution in [0.5, 0.6) is 0 Å². The molecule has 0 N–H and O–H groups in total. The first-order chi connectivity index (χ1) is 27.3. The van der Waals surface area contributed by atoms with Crippen molar-refractivity contribution in [2.24, 2.45) is 0 Å². The van der Waals surface area contributed by atoms with Crippen LogP contribution in [0.4, 0.5) is 0 Å². The Morgan fingerprint density at radius 2 is 1.22 bits per heavy atom. The summed E-state index contributed by atoms with van der Waals surface area (Å²) in [6.07, 6.45) is 18.3. The zero-order valence-corrected chi connectivity index (χ0v) is 30.8. The molecule has 260 valence electrons. The number of nitrogens with zero attached hydrogens (tertiary/aromatic N) is 1. The van der Waals surface area contributed by atoms with Crippen LogP contribution in [0, 0.1) is 0 Å². The number of fused-ring (bicyclic) bond motifs is 6. The molecule has 0 fully saturated rings. The zero-order valence-electron chi connectivity index (χ0n) is 30.8. The summed E-state index contributed by atoms with van der Waals surface area (Å²) in [5.41, 5.74) is 14.9. The second-order valence-electron chi connectivity index (χ2n) is 14.3. The van der Waals surface area contributed by atoms with Gasteiger partial charge in [-0.05, 0) is 121 Å². The molecule has 0 saturated carbocycles. The summed E-state index contributed by atoms with van der Waals surface area (Å²) in [7, 11) is 0. The van der Waals surface area contributed by atoms with Gasteiger partial charge in [0.05, 0.1) is 11.0 Å². The maximum absolute atomic E-state index is 2.42. The van der Waals surface area contributed by atoms with Crippen molar-refractivity contribution in [2.75, 3.05) is 0 Å². The number of para-hydroxylation sites is 1. The van der Waals surface area contributed by atoms with Crippen LogP contribution in [-0.4, -0.2) is 4.57 Å². The summed E-state index contributed by atoms with van der Waals surface area (Å²) in [4.78, 5) is 0. The van der Waals surface area contributed by atoms with Gasteiger partial charge in [-0.25, -0.2) is 0 Å². The number of aromatic nitrogens is 1. The van der Waals surface area contributed by atoms with Crippen molar-refractivity contribution < 1.29 is 0 Å².